The Morgan fingerprint density at radius 1 is 1.19 bits per heavy atom. The highest BCUT2D eigenvalue weighted by atomic mass is 32.1. The SMILES string of the molecule is Cc1ccc(C(=O)Nc2cc(C(C)(C)C)on2)cc1N(N)C=C(N)c1c[nH+]c(C2CCN(C(=O)OC(C)(C)C)CC2)s1. The van der Waals surface area contributed by atoms with Crippen LogP contribution in [-0.4, -0.2) is 40.7 Å². The van der Waals surface area contributed by atoms with E-state index in [-0.39, 0.29) is 17.4 Å². The average molecular weight is 597 g/mol. The van der Waals surface area contributed by atoms with E-state index < -0.39 is 5.60 Å². The predicted octanol–water partition coefficient (Wildman–Crippen LogP) is 5.16. The normalized spacial score (nSPS) is 15.0. The number of rotatable bonds is 6. The molecule has 0 atom stereocenters. The van der Waals surface area contributed by atoms with Gasteiger partial charge in [-0.05, 0) is 58.2 Å². The summed E-state index contributed by atoms with van der Waals surface area (Å²) in [6.45, 7) is 14.8. The van der Waals surface area contributed by atoms with Crippen molar-refractivity contribution < 1.29 is 23.8 Å². The van der Waals surface area contributed by atoms with Crippen molar-refractivity contribution in [2.75, 3.05) is 23.4 Å². The van der Waals surface area contributed by atoms with Crippen molar-refractivity contribution in [3.05, 3.63) is 63.4 Å². The monoisotopic (exact) mass is 596 g/mol. The highest BCUT2D eigenvalue weighted by Gasteiger charge is 2.31. The molecule has 0 radical (unpaired) electrons. The van der Waals surface area contributed by atoms with E-state index in [2.05, 4.69) is 15.5 Å². The number of carbonyl (C=O) groups is 2. The number of hydrogen-bond donors (Lipinski definition) is 3. The Balaban J connectivity index is 1.40. The second kappa shape index (κ2) is 12.1. The van der Waals surface area contributed by atoms with Crippen molar-refractivity contribution in [1.29, 1.82) is 0 Å². The summed E-state index contributed by atoms with van der Waals surface area (Å²) in [6.07, 6.45) is 4.92. The van der Waals surface area contributed by atoms with Crippen LogP contribution in [0.3, 0.4) is 0 Å². The van der Waals surface area contributed by atoms with Gasteiger partial charge in [-0.1, -0.05) is 43.3 Å². The molecule has 1 aliphatic rings. The molecule has 6 N–H and O–H groups in total. The number of thiazole rings is 1. The number of aromatic amines is 1. The van der Waals surface area contributed by atoms with Gasteiger partial charge in [0.15, 0.2) is 12.0 Å². The third-order valence-corrected chi connectivity index (χ3v) is 8.13. The van der Waals surface area contributed by atoms with Gasteiger partial charge in [0.1, 0.15) is 16.2 Å². The second-order valence-electron chi connectivity index (χ2n) is 12.6. The minimum absolute atomic E-state index is 0.222. The van der Waals surface area contributed by atoms with Crippen LogP contribution in [0.1, 0.15) is 91.9 Å². The highest BCUT2D eigenvalue weighted by Crippen LogP contribution is 2.32. The molecule has 3 heterocycles. The summed E-state index contributed by atoms with van der Waals surface area (Å²) < 4.78 is 10.9. The summed E-state index contributed by atoms with van der Waals surface area (Å²) in [5.41, 5.74) is 8.14. The van der Waals surface area contributed by atoms with Crippen molar-refractivity contribution in [2.45, 2.75) is 78.2 Å². The van der Waals surface area contributed by atoms with E-state index in [0.29, 0.717) is 47.5 Å². The van der Waals surface area contributed by atoms with Gasteiger partial charge in [0.2, 0.25) is 5.01 Å². The van der Waals surface area contributed by atoms with Gasteiger partial charge in [0, 0.05) is 36.3 Å². The van der Waals surface area contributed by atoms with Crippen LogP contribution in [0.25, 0.3) is 5.70 Å². The number of aromatic nitrogens is 2. The maximum Gasteiger partial charge on any atom is 0.410 e. The van der Waals surface area contributed by atoms with Crippen molar-refractivity contribution >= 4 is 40.5 Å². The van der Waals surface area contributed by atoms with E-state index in [0.717, 1.165) is 28.3 Å². The van der Waals surface area contributed by atoms with Gasteiger partial charge < -0.3 is 25.2 Å². The molecule has 11 nitrogen and oxygen atoms in total. The number of anilines is 2. The first kappa shape index (κ1) is 31.0. The fourth-order valence-corrected chi connectivity index (χ4v) is 5.54. The fourth-order valence-electron chi connectivity index (χ4n) is 4.50. The summed E-state index contributed by atoms with van der Waals surface area (Å²) in [5, 5.41) is 9.27. The molecule has 2 amide bonds. The smallest absolute Gasteiger partial charge is 0.410 e. The van der Waals surface area contributed by atoms with Gasteiger partial charge in [-0.15, -0.1) is 0 Å². The molecule has 0 unspecified atom stereocenters. The Bertz CT molecular complexity index is 1460. The maximum atomic E-state index is 13.0. The van der Waals surface area contributed by atoms with E-state index >= 15 is 0 Å². The zero-order chi connectivity index (χ0) is 30.8. The molecule has 226 valence electrons. The first-order valence-corrected chi connectivity index (χ1v) is 14.8. The number of nitrogens with zero attached hydrogens (tertiary/aromatic N) is 3. The summed E-state index contributed by atoms with van der Waals surface area (Å²) in [6, 6.07) is 7.00. The third kappa shape index (κ3) is 7.68. The fraction of sp³-hybridized carbons (Fsp3) is 0.467. The summed E-state index contributed by atoms with van der Waals surface area (Å²) in [4.78, 5) is 31.3. The number of benzene rings is 1. The number of hydrazine groups is 1. The molecule has 12 heteroatoms. The standard InChI is InChI=1S/C30H41N7O4S/c1-18-8-9-20(26(38)34-25-15-24(41-35-25)29(2,3)4)14-22(18)37(32)17-21(31)23-16-33-27(42-23)19-10-12-36(13-11-19)28(39)40-30(5,6)7/h8-9,14-17,19H,10-13,31-32H2,1-7H3,(H,34,35,38)/p+1. The third-order valence-electron chi connectivity index (χ3n) is 6.89. The molecule has 1 fully saturated rings. The van der Waals surface area contributed by atoms with Gasteiger partial charge in [0.05, 0.1) is 17.3 Å². The first-order chi connectivity index (χ1) is 19.6. The predicted molar refractivity (Wildman–Crippen MR) is 164 cm³/mol. The largest absolute Gasteiger partial charge is 0.444 e. The molecule has 0 aliphatic carbocycles. The zero-order valence-electron chi connectivity index (χ0n) is 25.4. The van der Waals surface area contributed by atoms with Crippen LogP contribution in [-0.2, 0) is 10.2 Å². The molecular weight excluding hydrogens is 554 g/mol. The van der Waals surface area contributed by atoms with Gasteiger partial charge >= 0.3 is 6.09 Å². The van der Waals surface area contributed by atoms with Gasteiger partial charge in [-0.2, -0.15) is 0 Å². The van der Waals surface area contributed by atoms with E-state index in [9.17, 15) is 9.59 Å². The minimum atomic E-state index is -0.508. The van der Waals surface area contributed by atoms with Crippen LogP contribution < -0.4 is 26.9 Å². The van der Waals surface area contributed by atoms with Crippen LogP contribution in [0.5, 0.6) is 0 Å². The Labute approximate surface area is 250 Å². The molecule has 1 saturated heterocycles. The van der Waals surface area contributed by atoms with Crippen molar-refractivity contribution in [1.82, 2.24) is 10.1 Å². The van der Waals surface area contributed by atoms with Gasteiger partial charge in [0.25, 0.3) is 5.91 Å². The number of hydrogen-bond acceptors (Lipinski definition) is 9. The molecule has 4 rings (SSSR count). The van der Waals surface area contributed by atoms with Crippen LogP contribution in [0, 0.1) is 6.92 Å². The molecule has 0 spiro atoms. The minimum Gasteiger partial charge on any atom is -0.444 e. The van der Waals surface area contributed by atoms with Crippen LogP contribution in [0.4, 0.5) is 16.3 Å². The lowest BCUT2D eigenvalue weighted by Crippen LogP contribution is -2.41. The number of aryl methyl sites for hydroxylation is 1. The molecule has 0 saturated carbocycles. The number of H-pyrrole nitrogens is 1. The van der Waals surface area contributed by atoms with Gasteiger partial charge in [-0.25, -0.2) is 15.6 Å². The quantitative estimate of drug-likeness (QED) is 0.260. The average Bonchev–Trinajstić information content (AvgIpc) is 3.58. The first-order valence-electron chi connectivity index (χ1n) is 14.0. The number of carbonyl (C=O) groups excluding carboxylic acids is 2. The van der Waals surface area contributed by atoms with E-state index in [1.165, 1.54) is 5.01 Å². The van der Waals surface area contributed by atoms with E-state index in [4.69, 9.17) is 20.8 Å². The molecular formula is C30H42N7O4S+. The molecule has 2 aromatic heterocycles. The van der Waals surface area contributed by atoms with Crippen LogP contribution >= 0.6 is 11.3 Å². The van der Waals surface area contributed by atoms with Crippen molar-refractivity contribution in [3.8, 4) is 0 Å². The number of likely N-dealkylation sites (tertiary alicyclic amines) is 1. The number of amides is 2. The molecule has 3 aromatic rings. The summed E-state index contributed by atoms with van der Waals surface area (Å²) in [7, 11) is 0. The topological polar surface area (TPSA) is 154 Å². The number of piperidine rings is 1. The lowest BCUT2D eigenvalue weighted by atomic mass is 9.93. The molecule has 0 bridgehead atoms. The number of ether oxygens (including phenoxy) is 1. The molecule has 1 aromatic carbocycles. The lowest BCUT2D eigenvalue weighted by Gasteiger charge is -2.31. The molecule has 1 aliphatic heterocycles. The zero-order valence-corrected chi connectivity index (χ0v) is 26.2. The number of nitrogens with two attached hydrogens (primary N) is 2. The van der Waals surface area contributed by atoms with Crippen molar-refractivity contribution in [3.63, 3.8) is 0 Å². The Morgan fingerprint density at radius 3 is 2.50 bits per heavy atom. The van der Waals surface area contributed by atoms with E-state index in [1.54, 1.807) is 40.6 Å². The van der Waals surface area contributed by atoms with Crippen LogP contribution in [0.2, 0.25) is 0 Å². The van der Waals surface area contributed by atoms with E-state index in [1.807, 2.05) is 60.7 Å². The van der Waals surface area contributed by atoms with Gasteiger partial charge in [-0.3, -0.25) is 9.80 Å². The van der Waals surface area contributed by atoms with Crippen molar-refractivity contribution in [2.24, 2.45) is 11.6 Å². The second-order valence-corrected chi connectivity index (χ2v) is 13.7. The number of nitrogens with one attached hydrogen (secondary N) is 2. The highest BCUT2D eigenvalue weighted by molar-refractivity contribution is 7.12. The maximum absolute atomic E-state index is 13.0. The molecule has 42 heavy (non-hydrogen) atoms. The Kier molecular flexibility index (Phi) is 8.98. The Hall–Kier alpha value is -3.90. The lowest BCUT2D eigenvalue weighted by molar-refractivity contribution is -0.385. The summed E-state index contributed by atoms with van der Waals surface area (Å²) in [5.74, 6) is 7.40. The summed E-state index contributed by atoms with van der Waals surface area (Å²) >= 11 is 1.58. The Morgan fingerprint density at radius 2 is 1.88 bits per heavy atom. The van der Waals surface area contributed by atoms with Crippen LogP contribution in [0.15, 0.2) is 41.2 Å².